The molecule has 1 unspecified atom stereocenters. The van der Waals surface area contributed by atoms with Crippen LogP contribution in [0.2, 0.25) is 0 Å². The van der Waals surface area contributed by atoms with Crippen LogP contribution in [0.3, 0.4) is 0 Å². The number of aromatic nitrogens is 3. The van der Waals surface area contributed by atoms with Crippen LogP contribution in [-0.4, -0.2) is 38.7 Å². The van der Waals surface area contributed by atoms with E-state index in [2.05, 4.69) is 14.8 Å². The average molecular weight is 352 g/mol. The molecule has 1 saturated carbocycles. The Morgan fingerprint density at radius 2 is 1.85 bits per heavy atom. The van der Waals surface area contributed by atoms with Crippen molar-refractivity contribution in [2.45, 2.75) is 51.5 Å². The molecule has 26 heavy (non-hydrogen) atoms. The first kappa shape index (κ1) is 17.3. The Balaban J connectivity index is 1.30. The molecule has 1 saturated heterocycles. The molecule has 2 fully saturated rings. The summed E-state index contributed by atoms with van der Waals surface area (Å²) in [5.74, 6) is 2.76. The molecule has 1 atom stereocenters. The Hall–Kier alpha value is -2.17. The Morgan fingerprint density at radius 3 is 2.54 bits per heavy atom. The standard InChI is InChI=1S/C21H28N4O/c1-16(19-5-3-2-4-6-19)21(26)24-11-9-17(10-12-24)13-20-23-22-15-25(20)14-18-7-8-18/h2-6,15-18H,7-14H2,1H3. The van der Waals surface area contributed by atoms with Crippen molar-refractivity contribution in [3.63, 3.8) is 0 Å². The Kier molecular flexibility index (Phi) is 5.05. The molecule has 1 amide bonds. The zero-order valence-corrected chi connectivity index (χ0v) is 15.6. The van der Waals surface area contributed by atoms with E-state index in [9.17, 15) is 4.79 Å². The molecule has 2 aliphatic rings. The maximum atomic E-state index is 12.8. The van der Waals surface area contributed by atoms with E-state index in [0.29, 0.717) is 5.92 Å². The molecule has 2 heterocycles. The van der Waals surface area contributed by atoms with E-state index in [-0.39, 0.29) is 11.8 Å². The number of hydrogen-bond donors (Lipinski definition) is 0. The summed E-state index contributed by atoms with van der Waals surface area (Å²) in [4.78, 5) is 14.8. The lowest BCUT2D eigenvalue weighted by atomic mass is 9.91. The van der Waals surface area contributed by atoms with E-state index < -0.39 is 0 Å². The van der Waals surface area contributed by atoms with Crippen molar-refractivity contribution in [2.24, 2.45) is 11.8 Å². The molecule has 0 radical (unpaired) electrons. The Labute approximate surface area is 155 Å². The predicted molar refractivity (Wildman–Crippen MR) is 101 cm³/mol. The molecule has 1 aliphatic carbocycles. The second kappa shape index (κ2) is 7.60. The quantitative estimate of drug-likeness (QED) is 0.802. The maximum Gasteiger partial charge on any atom is 0.229 e. The lowest BCUT2D eigenvalue weighted by Gasteiger charge is -2.33. The van der Waals surface area contributed by atoms with Gasteiger partial charge in [0.2, 0.25) is 5.91 Å². The van der Waals surface area contributed by atoms with Gasteiger partial charge in [0.05, 0.1) is 5.92 Å². The highest BCUT2D eigenvalue weighted by molar-refractivity contribution is 5.83. The van der Waals surface area contributed by atoms with Gasteiger partial charge in [0.25, 0.3) is 0 Å². The van der Waals surface area contributed by atoms with Crippen LogP contribution >= 0.6 is 0 Å². The third-order valence-corrected chi connectivity index (χ3v) is 5.91. The highest BCUT2D eigenvalue weighted by atomic mass is 16.2. The number of nitrogens with zero attached hydrogens (tertiary/aromatic N) is 4. The van der Waals surface area contributed by atoms with Crippen molar-refractivity contribution in [3.8, 4) is 0 Å². The number of hydrogen-bond acceptors (Lipinski definition) is 3. The van der Waals surface area contributed by atoms with Gasteiger partial charge in [-0.3, -0.25) is 4.79 Å². The first-order valence-electron chi connectivity index (χ1n) is 9.91. The summed E-state index contributed by atoms with van der Waals surface area (Å²) < 4.78 is 2.24. The van der Waals surface area contributed by atoms with E-state index in [1.165, 1.54) is 12.8 Å². The fourth-order valence-corrected chi connectivity index (χ4v) is 3.94. The van der Waals surface area contributed by atoms with Crippen molar-refractivity contribution < 1.29 is 4.79 Å². The van der Waals surface area contributed by atoms with E-state index in [1.807, 2.05) is 48.5 Å². The Morgan fingerprint density at radius 1 is 1.12 bits per heavy atom. The molecule has 0 spiro atoms. The molecular formula is C21H28N4O. The minimum Gasteiger partial charge on any atom is -0.342 e. The van der Waals surface area contributed by atoms with Gasteiger partial charge in [-0.1, -0.05) is 30.3 Å². The smallest absolute Gasteiger partial charge is 0.229 e. The molecule has 2 aromatic rings. The zero-order chi connectivity index (χ0) is 17.9. The number of likely N-dealkylation sites (tertiary alicyclic amines) is 1. The van der Waals surface area contributed by atoms with Gasteiger partial charge < -0.3 is 9.47 Å². The summed E-state index contributed by atoms with van der Waals surface area (Å²) in [7, 11) is 0. The van der Waals surface area contributed by atoms with Crippen molar-refractivity contribution >= 4 is 5.91 Å². The number of carbonyl (C=O) groups excluding carboxylic acids is 1. The molecule has 0 bridgehead atoms. The van der Waals surface area contributed by atoms with Crippen LogP contribution in [0.5, 0.6) is 0 Å². The molecule has 1 aromatic heterocycles. The van der Waals surface area contributed by atoms with E-state index >= 15 is 0 Å². The number of benzene rings is 1. The van der Waals surface area contributed by atoms with Crippen LogP contribution in [0.25, 0.3) is 0 Å². The summed E-state index contributed by atoms with van der Waals surface area (Å²) in [6.45, 7) is 4.81. The minimum absolute atomic E-state index is 0.0607. The molecular weight excluding hydrogens is 324 g/mol. The fraction of sp³-hybridized carbons (Fsp3) is 0.571. The highest BCUT2D eigenvalue weighted by Gasteiger charge is 2.28. The van der Waals surface area contributed by atoms with Crippen LogP contribution in [-0.2, 0) is 17.8 Å². The lowest BCUT2D eigenvalue weighted by molar-refractivity contribution is -0.133. The molecule has 5 heteroatoms. The topological polar surface area (TPSA) is 51.0 Å². The highest BCUT2D eigenvalue weighted by Crippen LogP contribution is 2.31. The van der Waals surface area contributed by atoms with Crippen molar-refractivity contribution in [3.05, 3.63) is 48.0 Å². The molecule has 138 valence electrons. The predicted octanol–water partition coefficient (Wildman–Crippen LogP) is 3.27. The molecule has 0 N–H and O–H groups in total. The number of carbonyl (C=O) groups is 1. The SMILES string of the molecule is CC(C(=O)N1CCC(Cc2nncn2CC2CC2)CC1)c1ccccc1. The van der Waals surface area contributed by atoms with Crippen LogP contribution in [0.1, 0.15) is 49.9 Å². The van der Waals surface area contributed by atoms with Crippen molar-refractivity contribution in [2.75, 3.05) is 13.1 Å². The number of amides is 1. The summed E-state index contributed by atoms with van der Waals surface area (Å²) in [6, 6.07) is 10.1. The van der Waals surface area contributed by atoms with Gasteiger partial charge in [0, 0.05) is 26.1 Å². The molecule has 1 aliphatic heterocycles. The summed E-state index contributed by atoms with van der Waals surface area (Å²) in [6.07, 6.45) is 7.68. The molecule has 5 nitrogen and oxygen atoms in total. The normalized spacial score (nSPS) is 19.5. The van der Waals surface area contributed by atoms with E-state index in [4.69, 9.17) is 0 Å². The first-order chi connectivity index (χ1) is 12.7. The zero-order valence-electron chi connectivity index (χ0n) is 15.6. The van der Waals surface area contributed by atoms with Gasteiger partial charge in [-0.05, 0) is 50.0 Å². The lowest BCUT2D eigenvalue weighted by Crippen LogP contribution is -2.41. The van der Waals surface area contributed by atoms with Crippen LogP contribution in [0.4, 0.5) is 0 Å². The van der Waals surface area contributed by atoms with Crippen LogP contribution < -0.4 is 0 Å². The largest absolute Gasteiger partial charge is 0.342 e. The van der Waals surface area contributed by atoms with Crippen LogP contribution in [0, 0.1) is 11.8 Å². The van der Waals surface area contributed by atoms with Gasteiger partial charge in [-0.15, -0.1) is 10.2 Å². The summed E-state index contributed by atoms with van der Waals surface area (Å²) in [5, 5.41) is 8.46. The Bertz CT molecular complexity index is 729. The second-order valence-electron chi connectivity index (χ2n) is 7.95. The summed E-state index contributed by atoms with van der Waals surface area (Å²) in [5.41, 5.74) is 1.10. The van der Waals surface area contributed by atoms with E-state index in [1.54, 1.807) is 0 Å². The van der Waals surface area contributed by atoms with Gasteiger partial charge in [-0.25, -0.2) is 0 Å². The van der Waals surface area contributed by atoms with Gasteiger partial charge in [0.15, 0.2) is 0 Å². The second-order valence-corrected chi connectivity index (χ2v) is 7.95. The first-order valence-corrected chi connectivity index (χ1v) is 9.91. The minimum atomic E-state index is -0.0607. The summed E-state index contributed by atoms with van der Waals surface area (Å²) >= 11 is 0. The third kappa shape index (κ3) is 3.97. The third-order valence-electron chi connectivity index (χ3n) is 5.91. The monoisotopic (exact) mass is 352 g/mol. The van der Waals surface area contributed by atoms with Crippen molar-refractivity contribution in [1.29, 1.82) is 0 Å². The van der Waals surface area contributed by atoms with E-state index in [0.717, 1.165) is 56.2 Å². The maximum absolute atomic E-state index is 12.8. The van der Waals surface area contributed by atoms with Crippen LogP contribution in [0.15, 0.2) is 36.7 Å². The molecule has 4 rings (SSSR count). The fourth-order valence-electron chi connectivity index (χ4n) is 3.94. The van der Waals surface area contributed by atoms with Gasteiger partial charge >= 0.3 is 0 Å². The number of piperidine rings is 1. The van der Waals surface area contributed by atoms with Gasteiger partial charge in [0.1, 0.15) is 12.2 Å². The van der Waals surface area contributed by atoms with Gasteiger partial charge in [-0.2, -0.15) is 0 Å². The number of rotatable bonds is 6. The average Bonchev–Trinajstić information content (AvgIpc) is 3.40. The molecule has 1 aromatic carbocycles. The van der Waals surface area contributed by atoms with Crippen molar-refractivity contribution in [1.82, 2.24) is 19.7 Å².